The molecule has 23 heavy (non-hydrogen) atoms. The normalized spacial score (nSPS) is 20.8. The summed E-state index contributed by atoms with van der Waals surface area (Å²) in [6.07, 6.45) is 0.846. The summed E-state index contributed by atoms with van der Waals surface area (Å²) in [5, 5.41) is 0.0319. The number of aryl methyl sites for hydroxylation is 1. The van der Waals surface area contributed by atoms with Gasteiger partial charge in [-0.1, -0.05) is 36.8 Å². The zero-order valence-corrected chi connectivity index (χ0v) is 14.5. The first-order valence-corrected chi connectivity index (χ1v) is 8.77. The molecule has 3 rings (SSSR count). The summed E-state index contributed by atoms with van der Waals surface area (Å²) >= 11 is 1.73. The third-order valence-corrected chi connectivity index (χ3v) is 5.73. The van der Waals surface area contributed by atoms with E-state index < -0.39 is 0 Å². The number of thioether (sulfide) groups is 1. The number of methoxy groups -OCH3 is 1. The van der Waals surface area contributed by atoms with E-state index in [1.807, 2.05) is 41.3 Å². The van der Waals surface area contributed by atoms with Crippen LogP contribution < -0.4 is 9.64 Å². The Bertz CT molecular complexity index is 682. The third-order valence-electron chi connectivity index (χ3n) is 4.12. The highest BCUT2D eigenvalue weighted by molar-refractivity contribution is 8.01. The van der Waals surface area contributed by atoms with Crippen LogP contribution >= 0.6 is 11.8 Å². The average Bonchev–Trinajstić information content (AvgIpc) is 2.92. The molecule has 1 saturated heterocycles. The number of benzene rings is 2. The van der Waals surface area contributed by atoms with Crippen LogP contribution in [0.3, 0.4) is 0 Å². The lowest BCUT2D eigenvalue weighted by Crippen LogP contribution is -2.30. The summed E-state index contributed by atoms with van der Waals surface area (Å²) < 4.78 is 5.23. The maximum Gasteiger partial charge on any atom is 0.241 e. The van der Waals surface area contributed by atoms with Crippen LogP contribution in [-0.4, -0.2) is 18.3 Å². The van der Waals surface area contributed by atoms with E-state index in [2.05, 4.69) is 26.0 Å². The monoisotopic (exact) mass is 327 g/mol. The van der Waals surface area contributed by atoms with Crippen LogP contribution in [0.2, 0.25) is 0 Å². The van der Waals surface area contributed by atoms with Crippen LogP contribution in [-0.2, 0) is 4.79 Å². The number of ether oxygens (including phenoxy) is 1. The van der Waals surface area contributed by atoms with Gasteiger partial charge in [-0.25, -0.2) is 0 Å². The second-order valence-electron chi connectivity index (χ2n) is 5.70. The minimum atomic E-state index is 0.0149. The van der Waals surface area contributed by atoms with E-state index in [9.17, 15) is 4.79 Å². The molecule has 120 valence electrons. The van der Waals surface area contributed by atoms with Gasteiger partial charge in [0, 0.05) is 5.69 Å². The lowest BCUT2D eigenvalue weighted by molar-refractivity contribution is -0.117. The van der Waals surface area contributed by atoms with Gasteiger partial charge in [-0.2, -0.15) is 0 Å². The molecule has 1 heterocycles. The zero-order chi connectivity index (χ0) is 16.4. The highest BCUT2D eigenvalue weighted by Gasteiger charge is 2.40. The van der Waals surface area contributed by atoms with E-state index in [1.165, 1.54) is 5.56 Å². The average molecular weight is 327 g/mol. The first-order chi connectivity index (χ1) is 11.1. The first-order valence-electron chi connectivity index (χ1n) is 7.83. The van der Waals surface area contributed by atoms with Crippen LogP contribution in [0, 0.1) is 6.92 Å². The fraction of sp³-hybridized carbons (Fsp3) is 0.316. The number of hydrogen-bond donors (Lipinski definition) is 0. The molecule has 0 saturated carbocycles. The predicted molar refractivity (Wildman–Crippen MR) is 96.1 cm³/mol. The molecule has 0 N–H and O–H groups in total. The minimum absolute atomic E-state index is 0.0149. The number of carbonyl (C=O) groups excluding carboxylic acids is 1. The van der Waals surface area contributed by atoms with Crippen molar-refractivity contribution in [3.05, 3.63) is 59.7 Å². The second kappa shape index (κ2) is 6.67. The Morgan fingerprint density at radius 3 is 2.30 bits per heavy atom. The number of nitrogens with zero attached hydrogens (tertiary/aromatic N) is 1. The molecule has 1 aliphatic rings. The number of anilines is 1. The van der Waals surface area contributed by atoms with Gasteiger partial charge < -0.3 is 4.74 Å². The van der Waals surface area contributed by atoms with Crippen LogP contribution in [0.5, 0.6) is 5.75 Å². The summed E-state index contributed by atoms with van der Waals surface area (Å²) in [6, 6.07) is 16.2. The van der Waals surface area contributed by atoms with Crippen molar-refractivity contribution < 1.29 is 9.53 Å². The molecule has 0 aromatic heterocycles. The number of rotatable bonds is 4. The van der Waals surface area contributed by atoms with Gasteiger partial charge in [0.15, 0.2) is 0 Å². The summed E-state index contributed by atoms with van der Waals surface area (Å²) in [6.45, 7) is 4.12. The fourth-order valence-corrected chi connectivity index (χ4v) is 4.18. The van der Waals surface area contributed by atoms with Crippen LogP contribution in [0.1, 0.15) is 29.8 Å². The van der Waals surface area contributed by atoms with Gasteiger partial charge in [0.25, 0.3) is 0 Å². The molecule has 0 bridgehead atoms. The maximum absolute atomic E-state index is 12.8. The van der Waals surface area contributed by atoms with Gasteiger partial charge in [0.05, 0.1) is 12.4 Å². The molecule has 1 amide bonds. The Morgan fingerprint density at radius 1 is 1.09 bits per heavy atom. The van der Waals surface area contributed by atoms with E-state index in [0.717, 1.165) is 23.4 Å². The van der Waals surface area contributed by atoms with Crippen LogP contribution in [0.25, 0.3) is 0 Å². The van der Waals surface area contributed by atoms with E-state index in [-0.39, 0.29) is 16.5 Å². The molecule has 2 aromatic rings. The van der Waals surface area contributed by atoms with Crippen molar-refractivity contribution in [2.75, 3.05) is 12.0 Å². The van der Waals surface area contributed by atoms with Gasteiger partial charge in [-0.3, -0.25) is 9.69 Å². The first kappa shape index (κ1) is 15.9. The highest BCUT2D eigenvalue weighted by Crippen LogP contribution is 2.46. The van der Waals surface area contributed by atoms with Crippen molar-refractivity contribution in [1.29, 1.82) is 0 Å². The molecular weight excluding hydrogens is 306 g/mol. The van der Waals surface area contributed by atoms with Crippen LogP contribution in [0.15, 0.2) is 48.5 Å². The van der Waals surface area contributed by atoms with Gasteiger partial charge in [0.2, 0.25) is 5.91 Å². The fourth-order valence-electron chi connectivity index (χ4n) is 2.78. The van der Waals surface area contributed by atoms with E-state index in [4.69, 9.17) is 4.74 Å². The maximum atomic E-state index is 12.8. The molecular formula is C19H21NO2S. The van der Waals surface area contributed by atoms with Crippen molar-refractivity contribution in [3.63, 3.8) is 0 Å². The Balaban J connectivity index is 1.97. The number of amides is 1. The summed E-state index contributed by atoms with van der Waals surface area (Å²) in [4.78, 5) is 14.7. The SMILES string of the molecule is CCC1SC(c2ccc(OC)cc2)N(c2ccc(C)cc2)C1=O. The Labute approximate surface area is 141 Å². The van der Waals surface area contributed by atoms with Crippen molar-refractivity contribution >= 4 is 23.4 Å². The molecule has 4 heteroatoms. The van der Waals surface area contributed by atoms with Gasteiger partial charge >= 0.3 is 0 Å². The quantitative estimate of drug-likeness (QED) is 0.824. The molecule has 1 aliphatic heterocycles. The molecule has 1 fully saturated rings. The second-order valence-corrected chi connectivity index (χ2v) is 6.99. The Hall–Kier alpha value is -1.94. The van der Waals surface area contributed by atoms with Crippen molar-refractivity contribution in [2.24, 2.45) is 0 Å². The number of carbonyl (C=O) groups is 1. The van der Waals surface area contributed by atoms with Gasteiger partial charge in [0.1, 0.15) is 11.1 Å². The van der Waals surface area contributed by atoms with Crippen molar-refractivity contribution in [2.45, 2.75) is 30.9 Å². The molecule has 2 unspecified atom stereocenters. The lowest BCUT2D eigenvalue weighted by Gasteiger charge is -2.24. The molecule has 0 aliphatic carbocycles. The largest absolute Gasteiger partial charge is 0.497 e. The standard InChI is InChI=1S/C19H21NO2S/c1-4-17-18(21)20(15-9-5-13(2)6-10-15)19(23-17)14-7-11-16(22-3)12-8-14/h5-12,17,19H,4H2,1-3H3. The molecule has 3 nitrogen and oxygen atoms in total. The summed E-state index contributed by atoms with van der Waals surface area (Å²) in [5.41, 5.74) is 3.28. The predicted octanol–water partition coefficient (Wildman–Crippen LogP) is 4.56. The van der Waals surface area contributed by atoms with Crippen molar-refractivity contribution in [1.82, 2.24) is 0 Å². The molecule has 0 spiro atoms. The van der Waals surface area contributed by atoms with Gasteiger partial charge in [-0.15, -0.1) is 11.8 Å². The molecule has 2 aromatic carbocycles. The van der Waals surface area contributed by atoms with Crippen LogP contribution in [0.4, 0.5) is 5.69 Å². The van der Waals surface area contributed by atoms with Crippen molar-refractivity contribution in [3.8, 4) is 5.75 Å². The topological polar surface area (TPSA) is 29.5 Å². The summed E-state index contributed by atoms with van der Waals surface area (Å²) in [7, 11) is 1.66. The molecule has 0 radical (unpaired) electrons. The van der Waals surface area contributed by atoms with E-state index in [1.54, 1.807) is 18.9 Å². The van der Waals surface area contributed by atoms with E-state index >= 15 is 0 Å². The summed E-state index contributed by atoms with van der Waals surface area (Å²) in [5.74, 6) is 1.03. The molecule has 2 atom stereocenters. The Morgan fingerprint density at radius 2 is 1.74 bits per heavy atom. The lowest BCUT2D eigenvalue weighted by atomic mass is 10.1. The smallest absolute Gasteiger partial charge is 0.241 e. The minimum Gasteiger partial charge on any atom is -0.497 e. The zero-order valence-electron chi connectivity index (χ0n) is 13.7. The van der Waals surface area contributed by atoms with E-state index in [0.29, 0.717) is 0 Å². The third kappa shape index (κ3) is 3.08. The highest BCUT2D eigenvalue weighted by atomic mass is 32.2. The van der Waals surface area contributed by atoms with Gasteiger partial charge in [-0.05, 0) is 43.2 Å². The number of hydrogen-bond acceptors (Lipinski definition) is 3. The Kier molecular flexibility index (Phi) is 4.62.